The monoisotopic (exact) mass is 289 g/mol. The van der Waals surface area contributed by atoms with Gasteiger partial charge in [-0.25, -0.2) is 0 Å². The summed E-state index contributed by atoms with van der Waals surface area (Å²) >= 11 is 1.91. The molecule has 4 aliphatic rings. The summed E-state index contributed by atoms with van der Waals surface area (Å²) in [4.78, 5) is 1.52. The molecule has 110 valence electrons. The van der Waals surface area contributed by atoms with E-state index < -0.39 is 0 Å². The zero-order valence-corrected chi connectivity index (χ0v) is 13.6. The predicted octanol–water partition coefficient (Wildman–Crippen LogP) is 4.44. The Labute approximate surface area is 127 Å². The second kappa shape index (κ2) is 4.84. The summed E-state index contributed by atoms with van der Waals surface area (Å²) in [7, 11) is 0. The van der Waals surface area contributed by atoms with Crippen molar-refractivity contribution < 1.29 is 0 Å². The van der Waals surface area contributed by atoms with Crippen LogP contribution in [-0.4, -0.2) is 12.6 Å². The van der Waals surface area contributed by atoms with E-state index in [4.69, 9.17) is 0 Å². The normalized spacial score (nSPS) is 39.4. The van der Waals surface area contributed by atoms with Gasteiger partial charge in [0.25, 0.3) is 0 Å². The van der Waals surface area contributed by atoms with E-state index in [0.29, 0.717) is 0 Å². The second-order valence-corrected chi connectivity index (χ2v) is 9.15. The van der Waals surface area contributed by atoms with E-state index >= 15 is 0 Å². The van der Waals surface area contributed by atoms with Crippen molar-refractivity contribution >= 4 is 11.3 Å². The van der Waals surface area contributed by atoms with Crippen molar-refractivity contribution in [3.8, 4) is 0 Å². The first-order valence-electron chi connectivity index (χ1n) is 8.39. The summed E-state index contributed by atoms with van der Waals surface area (Å²) in [5.74, 6) is 4.15. The van der Waals surface area contributed by atoms with Crippen molar-refractivity contribution in [1.29, 1.82) is 0 Å². The van der Waals surface area contributed by atoms with Crippen LogP contribution in [0.3, 0.4) is 0 Å². The third-order valence-electron chi connectivity index (χ3n) is 6.19. The molecule has 1 nitrogen and oxygen atoms in total. The first kappa shape index (κ1) is 13.3. The Morgan fingerprint density at radius 1 is 1.10 bits per heavy atom. The van der Waals surface area contributed by atoms with E-state index in [1.165, 1.54) is 30.6 Å². The number of nitrogens with one attached hydrogen (secondary N) is 1. The second-order valence-electron chi connectivity index (χ2n) is 8.20. The summed E-state index contributed by atoms with van der Waals surface area (Å²) in [6, 6.07) is 5.30. The maximum atomic E-state index is 4.00. The van der Waals surface area contributed by atoms with Gasteiger partial charge in [-0.15, -0.1) is 11.3 Å². The largest absolute Gasteiger partial charge is 0.313 e. The molecule has 0 saturated heterocycles. The Morgan fingerprint density at radius 3 is 2.30 bits per heavy atom. The molecule has 4 fully saturated rings. The molecular weight excluding hydrogens is 262 g/mol. The minimum atomic E-state index is 0.281. The molecule has 0 aromatic carbocycles. The van der Waals surface area contributed by atoms with Crippen LogP contribution in [0.5, 0.6) is 0 Å². The number of thiophene rings is 1. The smallest absolute Gasteiger partial charge is 0.0124 e. The quantitative estimate of drug-likeness (QED) is 0.864. The summed E-state index contributed by atoms with van der Waals surface area (Å²) < 4.78 is 0. The topological polar surface area (TPSA) is 12.0 Å². The molecule has 1 aromatic heterocycles. The highest BCUT2D eigenvalue weighted by atomic mass is 32.1. The molecule has 0 radical (unpaired) electrons. The number of hydrogen-bond acceptors (Lipinski definition) is 2. The molecule has 1 aromatic rings. The van der Waals surface area contributed by atoms with E-state index in [0.717, 1.165) is 36.3 Å². The average Bonchev–Trinajstić information content (AvgIpc) is 2.91. The van der Waals surface area contributed by atoms with Crippen LogP contribution in [0, 0.1) is 23.7 Å². The van der Waals surface area contributed by atoms with Crippen molar-refractivity contribution in [2.45, 2.75) is 57.4 Å². The van der Waals surface area contributed by atoms with Crippen LogP contribution >= 0.6 is 11.3 Å². The zero-order chi connectivity index (χ0) is 13.7. The van der Waals surface area contributed by atoms with Crippen LogP contribution in [0.15, 0.2) is 17.5 Å². The fraction of sp³-hybridized carbons (Fsp3) is 0.778. The lowest BCUT2D eigenvalue weighted by molar-refractivity contribution is -0.0149. The Morgan fingerprint density at radius 2 is 1.75 bits per heavy atom. The van der Waals surface area contributed by atoms with Gasteiger partial charge in [-0.1, -0.05) is 19.9 Å². The van der Waals surface area contributed by atoms with Gasteiger partial charge in [-0.3, -0.25) is 0 Å². The van der Waals surface area contributed by atoms with Gasteiger partial charge in [0.1, 0.15) is 0 Å². The summed E-state index contributed by atoms with van der Waals surface area (Å²) in [6.45, 7) is 5.92. The van der Waals surface area contributed by atoms with Crippen molar-refractivity contribution in [3.63, 3.8) is 0 Å². The molecule has 4 aliphatic carbocycles. The summed E-state index contributed by atoms with van der Waals surface area (Å²) in [5, 5.41) is 6.21. The van der Waals surface area contributed by atoms with Crippen LogP contribution in [0.4, 0.5) is 0 Å². The molecule has 0 atom stereocenters. The van der Waals surface area contributed by atoms with Gasteiger partial charge in [0.15, 0.2) is 0 Å². The lowest BCUT2D eigenvalue weighted by Crippen LogP contribution is -2.56. The highest BCUT2D eigenvalue weighted by Crippen LogP contribution is 2.53. The van der Waals surface area contributed by atoms with Gasteiger partial charge in [-0.2, -0.15) is 0 Å². The molecule has 1 N–H and O–H groups in total. The molecule has 20 heavy (non-hydrogen) atoms. The maximum absolute atomic E-state index is 4.00. The van der Waals surface area contributed by atoms with E-state index in [-0.39, 0.29) is 5.41 Å². The lowest BCUT2D eigenvalue weighted by Gasteiger charge is -2.55. The standard InChI is InChI=1S/C18H27NS/c1-18(2,16-4-3-5-20-16)11-19-17-14-7-12-6-13(9-14)10-15(17)8-12/h3-5,12-15,17,19H,6-11H2,1-2H3. The molecule has 0 amide bonds. The van der Waals surface area contributed by atoms with Gasteiger partial charge < -0.3 is 5.32 Å². The number of hydrogen-bond donors (Lipinski definition) is 1. The first-order chi connectivity index (χ1) is 9.62. The van der Waals surface area contributed by atoms with Gasteiger partial charge in [0.05, 0.1) is 0 Å². The van der Waals surface area contributed by atoms with Gasteiger partial charge in [0, 0.05) is 22.9 Å². The fourth-order valence-corrected chi connectivity index (χ4v) is 6.23. The highest BCUT2D eigenvalue weighted by molar-refractivity contribution is 7.10. The van der Waals surface area contributed by atoms with Crippen LogP contribution in [0.25, 0.3) is 0 Å². The van der Waals surface area contributed by atoms with Crippen molar-refractivity contribution in [1.82, 2.24) is 5.32 Å². The summed E-state index contributed by atoms with van der Waals surface area (Å²) in [5.41, 5.74) is 0.281. The van der Waals surface area contributed by atoms with Crippen molar-refractivity contribution in [3.05, 3.63) is 22.4 Å². The molecule has 4 bridgehead atoms. The third kappa shape index (κ3) is 2.25. The average molecular weight is 289 g/mol. The SMILES string of the molecule is CC(C)(CNC1C2CC3CC(C2)CC1C3)c1cccs1. The van der Waals surface area contributed by atoms with Gasteiger partial charge in [0.2, 0.25) is 0 Å². The Kier molecular flexibility index (Phi) is 3.23. The Hall–Kier alpha value is -0.340. The molecule has 1 heterocycles. The minimum absolute atomic E-state index is 0.281. The van der Waals surface area contributed by atoms with Crippen molar-refractivity contribution in [2.75, 3.05) is 6.54 Å². The van der Waals surface area contributed by atoms with Gasteiger partial charge >= 0.3 is 0 Å². The molecule has 0 unspecified atom stereocenters. The van der Waals surface area contributed by atoms with Crippen LogP contribution in [-0.2, 0) is 5.41 Å². The molecule has 5 rings (SSSR count). The fourth-order valence-electron chi connectivity index (χ4n) is 5.38. The van der Waals surface area contributed by atoms with Crippen LogP contribution < -0.4 is 5.32 Å². The van der Waals surface area contributed by atoms with Gasteiger partial charge in [-0.05, 0) is 67.2 Å². The lowest BCUT2D eigenvalue weighted by atomic mass is 9.54. The van der Waals surface area contributed by atoms with E-state index in [9.17, 15) is 0 Å². The molecule has 0 aliphatic heterocycles. The summed E-state index contributed by atoms with van der Waals surface area (Å²) in [6.07, 6.45) is 7.63. The Balaban J connectivity index is 1.42. The molecule has 0 spiro atoms. The maximum Gasteiger partial charge on any atom is 0.0124 e. The van der Waals surface area contributed by atoms with E-state index in [1.807, 2.05) is 11.3 Å². The number of rotatable bonds is 4. The molecule has 4 saturated carbocycles. The van der Waals surface area contributed by atoms with Crippen LogP contribution in [0.1, 0.15) is 50.8 Å². The Bertz CT molecular complexity index is 434. The zero-order valence-electron chi connectivity index (χ0n) is 12.8. The van der Waals surface area contributed by atoms with E-state index in [2.05, 4.69) is 36.7 Å². The molecule has 2 heteroatoms. The van der Waals surface area contributed by atoms with E-state index in [1.54, 1.807) is 6.42 Å². The first-order valence-corrected chi connectivity index (χ1v) is 9.27. The third-order valence-corrected chi connectivity index (χ3v) is 7.43. The van der Waals surface area contributed by atoms with Crippen molar-refractivity contribution in [2.24, 2.45) is 23.7 Å². The highest BCUT2D eigenvalue weighted by Gasteiger charge is 2.48. The molecular formula is C18H27NS. The minimum Gasteiger partial charge on any atom is -0.313 e. The predicted molar refractivity (Wildman–Crippen MR) is 86.2 cm³/mol. The van der Waals surface area contributed by atoms with Crippen LogP contribution in [0.2, 0.25) is 0 Å².